The number of hydrogen-bond acceptors (Lipinski definition) is 0. The van der Waals surface area contributed by atoms with E-state index in [-0.39, 0.29) is 0 Å². The zero-order chi connectivity index (χ0) is 5.90. The van der Waals surface area contributed by atoms with Crippen LogP contribution in [0.15, 0.2) is 23.8 Å². The van der Waals surface area contributed by atoms with Gasteiger partial charge in [0, 0.05) is 5.41 Å². The molecule has 0 aromatic heterocycles. The molecule has 0 bridgehead atoms. The maximum absolute atomic E-state index is 2.46. The van der Waals surface area contributed by atoms with Crippen molar-refractivity contribution < 1.29 is 0 Å². The van der Waals surface area contributed by atoms with Gasteiger partial charge in [-0.3, -0.25) is 0 Å². The van der Waals surface area contributed by atoms with Crippen LogP contribution >= 0.6 is 0 Å². The summed E-state index contributed by atoms with van der Waals surface area (Å²) < 4.78 is 0. The van der Waals surface area contributed by atoms with Crippen molar-refractivity contribution in [2.75, 3.05) is 0 Å². The maximum atomic E-state index is 2.46. The summed E-state index contributed by atoms with van der Waals surface area (Å²) in [4.78, 5) is 0. The van der Waals surface area contributed by atoms with Crippen molar-refractivity contribution in [1.82, 2.24) is 0 Å². The van der Waals surface area contributed by atoms with E-state index >= 15 is 0 Å². The van der Waals surface area contributed by atoms with Gasteiger partial charge in [0.25, 0.3) is 0 Å². The first-order valence-electron chi connectivity index (χ1n) is 3.83. The van der Waals surface area contributed by atoms with Gasteiger partial charge in [-0.25, -0.2) is 0 Å². The fraction of sp³-hybridized carbons (Fsp3) is 0.556. The Labute approximate surface area is 55.3 Å². The predicted octanol–water partition coefficient (Wildman–Crippen LogP) is 2.28. The Bertz CT molecular complexity index is 222. The molecule has 46 valence electrons. The molecule has 0 aliphatic heterocycles. The van der Waals surface area contributed by atoms with Gasteiger partial charge in [-0.1, -0.05) is 24.6 Å². The topological polar surface area (TPSA) is 0 Å². The molecule has 2 atom stereocenters. The van der Waals surface area contributed by atoms with Crippen LogP contribution in [0.1, 0.15) is 19.3 Å². The summed E-state index contributed by atoms with van der Waals surface area (Å²) in [6, 6.07) is 0. The molecule has 0 heterocycles. The molecule has 0 radical (unpaired) electrons. The molecular formula is C9H10. The Balaban J connectivity index is 2.11. The number of allylic oxidation sites excluding steroid dienone is 4. The molecule has 1 spiro atoms. The maximum Gasteiger partial charge on any atom is 0.0198 e. The first-order valence-corrected chi connectivity index (χ1v) is 3.83. The molecule has 9 heavy (non-hydrogen) atoms. The second-order valence-electron chi connectivity index (χ2n) is 3.50. The quantitative estimate of drug-likeness (QED) is 0.457. The van der Waals surface area contributed by atoms with E-state index in [1.807, 2.05) is 0 Å². The van der Waals surface area contributed by atoms with Gasteiger partial charge in [-0.2, -0.15) is 0 Å². The summed E-state index contributed by atoms with van der Waals surface area (Å²) in [6.07, 6.45) is 11.5. The molecule has 0 heteroatoms. The molecule has 0 N–H and O–H groups in total. The van der Waals surface area contributed by atoms with E-state index in [1.54, 1.807) is 5.57 Å². The van der Waals surface area contributed by atoms with Gasteiger partial charge in [-0.05, 0) is 24.3 Å². The van der Waals surface area contributed by atoms with Crippen LogP contribution in [0, 0.1) is 11.3 Å². The van der Waals surface area contributed by atoms with Crippen molar-refractivity contribution in [3.8, 4) is 0 Å². The van der Waals surface area contributed by atoms with E-state index in [9.17, 15) is 0 Å². The standard InChI is InChI=1S/C9H10/c1-2-7-3-4-8-6-9(7,8)5-1/h3-4,6-7H,1-2,5H2. The van der Waals surface area contributed by atoms with Crippen LogP contribution in [0.25, 0.3) is 0 Å². The van der Waals surface area contributed by atoms with E-state index in [4.69, 9.17) is 0 Å². The number of hydrogen-bond donors (Lipinski definition) is 0. The number of rotatable bonds is 0. The molecule has 3 rings (SSSR count). The van der Waals surface area contributed by atoms with Gasteiger partial charge in [0.15, 0.2) is 0 Å². The Morgan fingerprint density at radius 3 is 3.33 bits per heavy atom. The normalized spacial score (nSPS) is 50.7. The largest absolute Gasteiger partial charge is 0.0799 e. The van der Waals surface area contributed by atoms with E-state index in [2.05, 4.69) is 18.2 Å². The molecule has 3 aliphatic rings. The summed E-state index contributed by atoms with van der Waals surface area (Å²) in [5.74, 6) is 0.924. The molecule has 3 aliphatic carbocycles. The summed E-state index contributed by atoms with van der Waals surface area (Å²) >= 11 is 0. The van der Waals surface area contributed by atoms with Crippen LogP contribution in [0.4, 0.5) is 0 Å². The second kappa shape index (κ2) is 1.03. The lowest BCUT2D eigenvalue weighted by atomic mass is 9.92. The van der Waals surface area contributed by atoms with Crippen LogP contribution in [-0.2, 0) is 0 Å². The van der Waals surface area contributed by atoms with Crippen LogP contribution in [0.5, 0.6) is 0 Å². The van der Waals surface area contributed by atoms with Crippen LogP contribution in [-0.4, -0.2) is 0 Å². The van der Waals surface area contributed by atoms with E-state index in [0.29, 0.717) is 5.41 Å². The first kappa shape index (κ1) is 4.32. The van der Waals surface area contributed by atoms with Crippen molar-refractivity contribution in [3.05, 3.63) is 23.8 Å². The minimum Gasteiger partial charge on any atom is -0.0799 e. The van der Waals surface area contributed by atoms with Gasteiger partial charge in [-0.15, -0.1) is 0 Å². The lowest BCUT2D eigenvalue weighted by Gasteiger charge is -2.10. The van der Waals surface area contributed by atoms with Gasteiger partial charge < -0.3 is 0 Å². The average molecular weight is 118 g/mol. The van der Waals surface area contributed by atoms with E-state index in [1.165, 1.54) is 19.3 Å². The first-order chi connectivity index (χ1) is 4.42. The predicted molar refractivity (Wildman–Crippen MR) is 37.0 cm³/mol. The van der Waals surface area contributed by atoms with Crippen LogP contribution in [0.3, 0.4) is 0 Å². The summed E-state index contributed by atoms with van der Waals surface area (Å²) in [7, 11) is 0. The second-order valence-corrected chi connectivity index (χ2v) is 3.50. The third kappa shape index (κ3) is 0.320. The lowest BCUT2D eigenvalue weighted by molar-refractivity contribution is 0.495. The Morgan fingerprint density at radius 2 is 2.56 bits per heavy atom. The van der Waals surface area contributed by atoms with Gasteiger partial charge >= 0.3 is 0 Å². The molecule has 1 saturated carbocycles. The minimum atomic E-state index is 0.653. The van der Waals surface area contributed by atoms with Gasteiger partial charge in [0.1, 0.15) is 0 Å². The Hall–Kier alpha value is -0.520. The highest BCUT2D eigenvalue weighted by Gasteiger charge is 2.53. The zero-order valence-electron chi connectivity index (χ0n) is 5.43. The Morgan fingerprint density at radius 1 is 1.56 bits per heavy atom. The molecule has 0 saturated heterocycles. The van der Waals surface area contributed by atoms with Crippen molar-refractivity contribution in [1.29, 1.82) is 0 Å². The zero-order valence-corrected chi connectivity index (χ0v) is 5.43. The lowest BCUT2D eigenvalue weighted by Crippen LogP contribution is -2.04. The smallest absolute Gasteiger partial charge is 0.0198 e. The van der Waals surface area contributed by atoms with Crippen LogP contribution < -0.4 is 0 Å². The molecule has 1 fully saturated rings. The van der Waals surface area contributed by atoms with Crippen LogP contribution in [0.2, 0.25) is 0 Å². The van der Waals surface area contributed by atoms with E-state index < -0.39 is 0 Å². The molecule has 0 nitrogen and oxygen atoms in total. The molecular weight excluding hydrogens is 108 g/mol. The van der Waals surface area contributed by atoms with Crippen molar-refractivity contribution >= 4 is 0 Å². The fourth-order valence-electron chi connectivity index (χ4n) is 2.53. The minimum absolute atomic E-state index is 0.653. The third-order valence-electron chi connectivity index (χ3n) is 3.14. The third-order valence-corrected chi connectivity index (χ3v) is 3.14. The van der Waals surface area contributed by atoms with Gasteiger partial charge in [0.2, 0.25) is 0 Å². The highest BCUT2D eigenvalue weighted by molar-refractivity contribution is 5.54. The fourth-order valence-corrected chi connectivity index (χ4v) is 2.53. The highest BCUT2D eigenvalue weighted by Crippen LogP contribution is 2.64. The highest BCUT2D eigenvalue weighted by atomic mass is 14.6. The molecule has 0 aromatic carbocycles. The van der Waals surface area contributed by atoms with Crippen molar-refractivity contribution in [2.45, 2.75) is 19.3 Å². The van der Waals surface area contributed by atoms with Crippen molar-refractivity contribution in [2.24, 2.45) is 11.3 Å². The monoisotopic (exact) mass is 118 g/mol. The Kier molecular flexibility index (Phi) is 0.493. The molecule has 0 aromatic rings. The van der Waals surface area contributed by atoms with Crippen molar-refractivity contribution in [3.63, 3.8) is 0 Å². The summed E-state index contributed by atoms with van der Waals surface area (Å²) in [5.41, 5.74) is 2.30. The SMILES string of the molecule is C1=CC2CCCC23C=C13. The van der Waals surface area contributed by atoms with E-state index in [0.717, 1.165) is 5.92 Å². The summed E-state index contributed by atoms with van der Waals surface area (Å²) in [6.45, 7) is 0. The summed E-state index contributed by atoms with van der Waals surface area (Å²) in [5, 5.41) is 0. The van der Waals surface area contributed by atoms with Gasteiger partial charge in [0.05, 0.1) is 0 Å². The molecule has 0 amide bonds. The average Bonchev–Trinajstić information content (AvgIpc) is 2.30. The molecule has 2 unspecified atom stereocenters.